The predicted octanol–water partition coefficient (Wildman–Crippen LogP) is 2.67. The number of ether oxygens (including phenoxy) is 1. The maximum atomic E-state index is 14.4. The van der Waals surface area contributed by atoms with E-state index in [-0.39, 0.29) is 23.3 Å². The Balaban J connectivity index is 1.60. The van der Waals surface area contributed by atoms with Gasteiger partial charge in [0.15, 0.2) is 11.6 Å². The summed E-state index contributed by atoms with van der Waals surface area (Å²) in [5, 5.41) is 13.9. The number of hydrogen-bond donors (Lipinski definition) is 1. The van der Waals surface area contributed by atoms with Crippen LogP contribution >= 0.6 is 0 Å². The van der Waals surface area contributed by atoms with Gasteiger partial charge in [-0.25, -0.2) is 4.39 Å². The van der Waals surface area contributed by atoms with Crippen LogP contribution in [0.3, 0.4) is 0 Å². The van der Waals surface area contributed by atoms with E-state index in [4.69, 9.17) is 4.74 Å². The van der Waals surface area contributed by atoms with Crippen molar-refractivity contribution in [3.63, 3.8) is 0 Å². The maximum Gasteiger partial charge on any atom is 0.313 e. The zero-order valence-corrected chi connectivity index (χ0v) is 15.4. The molecule has 0 spiro atoms. The van der Waals surface area contributed by atoms with Crippen LogP contribution in [0.2, 0.25) is 0 Å². The number of nitro benzene ring substituents is 1. The molecular weight excluding hydrogens is 367 g/mol. The summed E-state index contributed by atoms with van der Waals surface area (Å²) >= 11 is 0. The molecule has 2 aromatic rings. The molecule has 2 heterocycles. The van der Waals surface area contributed by atoms with Crippen LogP contribution in [0.25, 0.3) is 0 Å². The number of nitro groups is 1. The summed E-state index contributed by atoms with van der Waals surface area (Å²) < 4.78 is 19.4. The van der Waals surface area contributed by atoms with Gasteiger partial charge in [0.05, 0.1) is 23.8 Å². The average molecular weight is 388 g/mol. The monoisotopic (exact) mass is 388 g/mol. The number of piperidine rings is 1. The molecule has 0 saturated carbocycles. The Bertz CT molecular complexity index is 855. The van der Waals surface area contributed by atoms with Gasteiger partial charge >= 0.3 is 5.69 Å². The van der Waals surface area contributed by atoms with Gasteiger partial charge < -0.3 is 15.0 Å². The third-order valence-corrected chi connectivity index (χ3v) is 4.84. The van der Waals surface area contributed by atoms with Crippen LogP contribution in [0.1, 0.15) is 18.4 Å². The number of benzene rings is 1. The number of carbonyl (C=O) groups excluding carboxylic acids is 1. The molecule has 1 aliphatic heterocycles. The van der Waals surface area contributed by atoms with Gasteiger partial charge in [-0.3, -0.25) is 19.9 Å². The fourth-order valence-electron chi connectivity index (χ4n) is 3.30. The number of aromatic nitrogens is 1. The number of amides is 1. The molecule has 9 heteroatoms. The highest BCUT2D eigenvalue weighted by Gasteiger charge is 2.28. The summed E-state index contributed by atoms with van der Waals surface area (Å²) in [5.41, 5.74) is 0.762. The van der Waals surface area contributed by atoms with Gasteiger partial charge in [-0.05, 0) is 24.5 Å². The number of pyridine rings is 1. The first-order valence-electron chi connectivity index (χ1n) is 8.93. The van der Waals surface area contributed by atoms with Crippen LogP contribution in [-0.4, -0.2) is 36.0 Å². The Morgan fingerprint density at radius 2 is 2.18 bits per heavy atom. The van der Waals surface area contributed by atoms with E-state index in [1.54, 1.807) is 17.3 Å². The Morgan fingerprint density at radius 1 is 1.43 bits per heavy atom. The number of anilines is 1. The van der Waals surface area contributed by atoms with Crippen LogP contribution in [0.4, 0.5) is 15.8 Å². The maximum absolute atomic E-state index is 14.4. The lowest BCUT2D eigenvalue weighted by Crippen LogP contribution is -2.40. The topological polar surface area (TPSA) is 97.6 Å². The summed E-state index contributed by atoms with van der Waals surface area (Å²) in [7, 11) is 1.31. The van der Waals surface area contributed by atoms with E-state index >= 15 is 0 Å². The number of methoxy groups -OCH3 is 1. The van der Waals surface area contributed by atoms with Crippen molar-refractivity contribution in [2.75, 3.05) is 25.1 Å². The van der Waals surface area contributed by atoms with Gasteiger partial charge in [-0.1, -0.05) is 6.07 Å². The van der Waals surface area contributed by atoms with Crippen molar-refractivity contribution in [2.24, 2.45) is 5.92 Å². The molecule has 1 aromatic heterocycles. The quantitative estimate of drug-likeness (QED) is 0.604. The molecule has 1 N–H and O–H groups in total. The molecule has 1 aliphatic rings. The van der Waals surface area contributed by atoms with E-state index in [1.807, 2.05) is 12.1 Å². The zero-order chi connectivity index (χ0) is 20.1. The molecule has 0 radical (unpaired) electrons. The molecule has 0 atom stereocenters. The van der Waals surface area contributed by atoms with Crippen molar-refractivity contribution < 1.29 is 18.8 Å². The summed E-state index contributed by atoms with van der Waals surface area (Å²) in [6, 6.07) is 5.92. The number of hydrogen-bond acceptors (Lipinski definition) is 6. The summed E-state index contributed by atoms with van der Waals surface area (Å²) in [4.78, 5) is 28.5. The van der Waals surface area contributed by atoms with E-state index in [0.717, 1.165) is 11.6 Å². The Labute approximate surface area is 161 Å². The average Bonchev–Trinajstić information content (AvgIpc) is 2.72. The highest BCUT2D eigenvalue weighted by atomic mass is 19.1. The second kappa shape index (κ2) is 8.64. The van der Waals surface area contributed by atoms with Crippen LogP contribution in [0, 0.1) is 21.8 Å². The molecule has 3 rings (SSSR count). The minimum Gasteiger partial charge on any atom is -0.490 e. The standard InChI is InChI=1S/C19H21FN4O4/c1-28-18-10-16(15(20)9-17(18)24(26)27)23-7-4-14(5-8-23)19(25)22-12-13-3-2-6-21-11-13/h2-3,6,9-11,14H,4-5,7-8,12H2,1H3,(H,22,25). The molecule has 1 aromatic carbocycles. The molecule has 0 aliphatic carbocycles. The Hall–Kier alpha value is -3.23. The molecule has 1 amide bonds. The lowest BCUT2D eigenvalue weighted by atomic mass is 9.95. The minimum atomic E-state index is -0.676. The third-order valence-electron chi connectivity index (χ3n) is 4.84. The molecular formula is C19H21FN4O4. The number of halogens is 1. The van der Waals surface area contributed by atoms with Crippen LogP contribution in [0.5, 0.6) is 5.75 Å². The lowest BCUT2D eigenvalue weighted by molar-refractivity contribution is -0.385. The first kappa shape index (κ1) is 19.5. The SMILES string of the molecule is COc1cc(N2CCC(C(=O)NCc3cccnc3)CC2)c(F)cc1[N+](=O)[O-]. The van der Waals surface area contributed by atoms with Crippen LogP contribution in [0.15, 0.2) is 36.7 Å². The Kier molecular flexibility index (Phi) is 6.03. The van der Waals surface area contributed by atoms with Gasteiger partial charge in [-0.15, -0.1) is 0 Å². The van der Waals surface area contributed by atoms with Crippen molar-refractivity contribution in [3.05, 3.63) is 58.2 Å². The fourth-order valence-corrected chi connectivity index (χ4v) is 3.30. The molecule has 28 heavy (non-hydrogen) atoms. The van der Waals surface area contributed by atoms with Crippen molar-refractivity contribution in [3.8, 4) is 5.75 Å². The van der Waals surface area contributed by atoms with Crippen LogP contribution < -0.4 is 15.0 Å². The largest absolute Gasteiger partial charge is 0.490 e. The highest BCUT2D eigenvalue weighted by molar-refractivity contribution is 5.79. The lowest BCUT2D eigenvalue weighted by Gasteiger charge is -2.33. The van der Waals surface area contributed by atoms with Gasteiger partial charge in [0.2, 0.25) is 5.91 Å². The third kappa shape index (κ3) is 4.36. The fraction of sp³-hybridized carbons (Fsp3) is 0.368. The summed E-state index contributed by atoms with van der Waals surface area (Å²) in [6.07, 6.45) is 4.51. The van der Waals surface area contributed by atoms with Crippen molar-refractivity contribution >= 4 is 17.3 Å². The number of nitrogens with zero attached hydrogens (tertiary/aromatic N) is 3. The smallest absolute Gasteiger partial charge is 0.313 e. The van der Waals surface area contributed by atoms with Crippen molar-refractivity contribution in [1.29, 1.82) is 0 Å². The highest BCUT2D eigenvalue weighted by Crippen LogP contribution is 2.35. The first-order valence-corrected chi connectivity index (χ1v) is 8.93. The van der Waals surface area contributed by atoms with Crippen molar-refractivity contribution in [2.45, 2.75) is 19.4 Å². The number of rotatable bonds is 6. The van der Waals surface area contributed by atoms with E-state index < -0.39 is 16.4 Å². The van der Waals surface area contributed by atoms with Gasteiger partial charge in [-0.2, -0.15) is 0 Å². The van der Waals surface area contributed by atoms with Crippen molar-refractivity contribution in [1.82, 2.24) is 10.3 Å². The van der Waals surface area contributed by atoms with Gasteiger partial charge in [0.25, 0.3) is 0 Å². The number of carbonyl (C=O) groups is 1. The van der Waals surface area contributed by atoms with E-state index in [1.165, 1.54) is 13.2 Å². The summed E-state index contributed by atoms with van der Waals surface area (Å²) in [6.45, 7) is 1.37. The van der Waals surface area contributed by atoms with Crippen LogP contribution in [-0.2, 0) is 11.3 Å². The van der Waals surface area contributed by atoms with Gasteiger partial charge in [0.1, 0.15) is 0 Å². The molecule has 1 fully saturated rings. The molecule has 8 nitrogen and oxygen atoms in total. The zero-order valence-electron chi connectivity index (χ0n) is 15.4. The second-order valence-electron chi connectivity index (χ2n) is 6.57. The molecule has 0 unspecified atom stereocenters. The minimum absolute atomic E-state index is 0.0118. The summed E-state index contributed by atoms with van der Waals surface area (Å²) in [5.74, 6) is -0.856. The molecule has 1 saturated heterocycles. The molecule has 148 valence electrons. The van der Waals surface area contributed by atoms with Gasteiger partial charge in [0, 0.05) is 44.0 Å². The number of nitrogens with one attached hydrogen (secondary N) is 1. The van der Waals surface area contributed by atoms with E-state index in [2.05, 4.69) is 10.3 Å². The Morgan fingerprint density at radius 3 is 2.79 bits per heavy atom. The van der Waals surface area contributed by atoms with E-state index in [0.29, 0.717) is 32.5 Å². The van der Waals surface area contributed by atoms with E-state index in [9.17, 15) is 19.3 Å². The molecule has 0 bridgehead atoms. The normalized spacial score (nSPS) is 14.6. The second-order valence-corrected chi connectivity index (χ2v) is 6.57. The first-order chi connectivity index (χ1) is 13.5. The predicted molar refractivity (Wildman–Crippen MR) is 101 cm³/mol.